The minimum absolute atomic E-state index is 0.414. The highest BCUT2D eigenvalue weighted by Gasteiger charge is 2.07. The Morgan fingerprint density at radius 1 is 1.47 bits per heavy atom. The highest BCUT2D eigenvalue weighted by atomic mass is 32.1. The molecule has 5 nitrogen and oxygen atoms in total. The first kappa shape index (κ1) is 10.1. The lowest BCUT2D eigenvalue weighted by Gasteiger charge is -2.06. The highest BCUT2D eigenvalue weighted by Crippen LogP contribution is 2.19. The van der Waals surface area contributed by atoms with Gasteiger partial charge in [0.1, 0.15) is 12.4 Å². The van der Waals surface area contributed by atoms with Gasteiger partial charge in [0.25, 0.3) is 5.88 Å². The minimum atomic E-state index is 0.414. The average Bonchev–Trinajstić information content (AvgIpc) is 2.95. The first-order chi connectivity index (χ1) is 8.33. The molecule has 0 spiro atoms. The second-order valence-electron chi connectivity index (χ2n) is 3.50. The van der Waals surface area contributed by atoms with Crippen molar-refractivity contribution in [3.8, 4) is 5.88 Å². The average molecular weight is 246 g/mol. The second kappa shape index (κ2) is 4.06. The lowest BCUT2D eigenvalue weighted by atomic mass is 10.5. The van der Waals surface area contributed by atoms with Crippen LogP contribution in [0.25, 0.3) is 5.65 Å². The maximum atomic E-state index is 5.70. The Hall–Kier alpha value is -2.08. The van der Waals surface area contributed by atoms with Crippen LogP contribution >= 0.6 is 11.3 Å². The molecular formula is C11H10N4OS. The van der Waals surface area contributed by atoms with Crippen LogP contribution in [0.3, 0.4) is 0 Å². The van der Waals surface area contributed by atoms with E-state index in [1.54, 1.807) is 28.1 Å². The summed E-state index contributed by atoms with van der Waals surface area (Å²) in [6.45, 7) is 0.483. The predicted octanol–water partition coefficient (Wildman–Crippen LogP) is 1.95. The molecule has 0 aliphatic heterocycles. The topological polar surface area (TPSA) is 65.4 Å². The van der Waals surface area contributed by atoms with Gasteiger partial charge < -0.3 is 10.5 Å². The van der Waals surface area contributed by atoms with Gasteiger partial charge in [-0.25, -0.2) is 4.98 Å². The summed E-state index contributed by atoms with van der Waals surface area (Å²) < 4.78 is 7.44. The standard InChI is InChI=1S/C11H10N4OS/c12-9-6-15-4-3-13-10(15)11(14-9)16-7-8-2-1-5-17-8/h1-6H,7,12H2. The molecule has 17 heavy (non-hydrogen) atoms. The lowest BCUT2D eigenvalue weighted by molar-refractivity contribution is 0.300. The van der Waals surface area contributed by atoms with Gasteiger partial charge in [-0.1, -0.05) is 6.07 Å². The molecular weight excluding hydrogens is 236 g/mol. The van der Waals surface area contributed by atoms with E-state index >= 15 is 0 Å². The fraction of sp³-hybridized carbons (Fsp3) is 0.0909. The molecule has 6 heteroatoms. The molecule has 0 unspecified atom stereocenters. The van der Waals surface area contributed by atoms with Crippen molar-refractivity contribution in [1.82, 2.24) is 14.4 Å². The van der Waals surface area contributed by atoms with E-state index in [4.69, 9.17) is 10.5 Å². The highest BCUT2D eigenvalue weighted by molar-refractivity contribution is 7.09. The normalized spacial score (nSPS) is 10.8. The van der Waals surface area contributed by atoms with Crippen molar-refractivity contribution in [3.63, 3.8) is 0 Å². The Morgan fingerprint density at radius 3 is 3.24 bits per heavy atom. The number of aromatic nitrogens is 3. The van der Waals surface area contributed by atoms with Gasteiger partial charge in [0.15, 0.2) is 0 Å². The quantitative estimate of drug-likeness (QED) is 0.767. The van der Waals surface area contributed by atoms with Gasteiger partial charge >= 0.3 is 0 Å². The van der Waals surface area contributed by atoms with Crippen molar-refractivity contribution < 1.29 is 4.74 Å². The zero-order chi connectivity index (χ0) is 11.7. The van der Waals surface area contributed by atoms with Gasteiger partial charge in [-0.2, -0.15) is 4.98 Å². The molecule has 0 saturated carbocycles. The number of fused-ring (bicyclic) bond motifs is 1. The first-order valence-electron chi connectivity index (χ1n) is 5.07. The molecule has 0 saturated heterocycles. The van der Waals surface area contributed by atoms with E-state index in [-0.39, 0.29) is 0 Å². The van der Waals surface area contributed by atoms with E-state index in [1.807, 2.05) is 23.7 Å². The summed E-state index contributed by atoms with van der Waals surface area (Å²) in [7, 11) is 0. The molecule has 0 fully saturated rings. The van der Waals surface area contributed by atoms with Crippen LogP contribution in [-0.2, 0) is 6.61 Å². The summed E-state index contributed by atoms with van der Waals surface area (Å²) in [5, 5.41) is 2.01. The van der Waals surface area contributed by atoms with Crippen LogP contribution in [0, 0.1) is 0 Å². The van der Waals surface area contributed by atoms with E-state index in [9.17, 15) is 0 Å². The molecule has 3 aromatic rings. The largest absolute Gasteiger partial charge is 0.469 e. The number of ether oxygens (including phenoxy) is 1. The summed E-state index contributed by atoms with van der Waals surface area (Å²) in [6.07, 6.45) is 5.21. The number of imidazole rings is 1. The van der Waals surface area contributed by atoms with Crippen LogP contribution in [0.15, 0.2) is 36.1 Å². The maximum Gasteiger partial charge on any atom is 0.260 e. The zero-order valence-corrected chi connectivity index (χ0v) is 9.72. The van der Waals surface area contributed by atoms with Crippen LogP contribution in [0.5, 0.6) is 5.88 Å². The van der Waals surface area contributed by atoms with Crippen molar-refractivity contribution in [2.75, 3.05) is 5.73 Å². The van der Waals surface area contributed by atoms with Gasteiger partial charge in [0.2, 0.25) is 5.65 Å². The summed E-state index contributed by atoms with van der Waals surface area (Å²) in [4.78, 5) is 9.47. The monoisotopic (exact) mass is 246 g/mol. The molecule has 0 radical (unpaired) electrons. The van der Waals surface area contributed by atoms with Crippen molar-refractivity contribution in [3.05, 3.63) is 41.0 Å². The Morgan fingerprint density at radius 2 is 2.41 bits per heavy atom. The third-order valence-corrected chi connectivity index (χ3v) is 3.14. The third kappa shape index (κ3) is 1.94. The predicted molar refractivity (Wildman–Crippen MR) is 66.1 cm³/mol. The Balaban J connectivity index is 1.91. The van der Waals surface area contributed by atoms with Crippen molar-refractivity contribution in [1.29, 1.82) is 0 Å². The second-order valence-corrected chi connectivity index (χ2v) is 4.53. The van der Waals surface area contributed by atoms with Crippen LogP contribution in [0.2, 0.25) is 0 Å². The number of nitrogen functional groups attached to an aromatic ring is 1. The molecule has 0 aliphatic carbocycles. The zero-order valence-electron chi connectivity index (χ0n) is 8.91. The van der Waals surface area contributed by atoms with Gasteiger partial charge in [0.05, 0.1) is 6.20 Å². The smallest absolute Gasteiger partial charge is 0.260 e. The number of nitrogens with two attached hydrogens (primary N) is 1. The molecule has 0 aliphatic rings. The van der Waals surface area contributed by atoms with E-state index in [2.05, 4.69) is 9.97 Å². The van der Waals surface area contributed by atoms with Gasteiger partial charge in [-0.3, -0.25) is 4.40 Å². The molecule has 3 rings (SSSR count). The number of thiophene rings is 1. The van der Waals surface area contributed by atoms with Crippen LogP contribution in [0.1, 0.15) is 4.88 Å². The van der Waals surface area contributed by atoms with E-state index in [1.165, 1.54) is 0 Å². The van der Waals surface area contributed by atoms with Crippen molar-refractivity contribution in [2.45, 2.75) is 6.61 Å². The third-order valence-electron chi connectivity index (χ3n) is 2.29. The van der Waals surface area contributed by atoms with E-state index < -0.39 is 0 Å². The maximum absolute atomic E-state index is 5.70. The number of hydrogen-bond donors (Lipinski definition) is 1. The fourth-order valence-corrected chi connectivity index (χ4v) is 2.17. The van der Waals surface area contributed by atoms with Crippen LogP contribution in [-0.4, -0.2) is 14.4 Å². The summed E-state index contributed by atoms with van der Waals surface area (Å²) in [6, 6.07) is 4.00. The lowest BCUT2D eigenvalue weighted by Crippen LogP contribution is -2.02. The van der Waals surface area contributed by atoms with Gasteiger partial charge in [-0.05, 0) is 11.4 Å². The molecule has 0 atom stereocenters. The molecule has 3 aromatic heterocycles. The Labute approximate surface area is 102 Å². The van der Waals surface area contributed by atoms with E-state index in [0.717, 1.165) is 4.88 Å². The SMILES string of the molecule is Nc1cn2ccnc2c(OCc2cccs2)n1. The van der Waals surface area contributed by atoms with Crippen molar-refractivity contribution in [2.24, 2.45) is 0 Å². The molecule has 2 N–H and O–H groups in total. The van der Waals surface area contributed by atoms with Crippen LogP contribution in [0.4, 0.5) is 5.82 Å². The van der Waals surface area contributed by atoms with Gasteiger partial charge in [0, 0.05) is 17.3 Å². The van der Waals surface area contributed by atoms with Gasteiger partial charge in [-0.15, -0.1) is 11.3 Å². The molecule has 86 valence electrons. The van der Waals surface area contributed by atoms with E-state index in [0.29, 0.717) is 24.0 Å². The number of rotatable bonds is 3. The minimum Gasteiger partial charge on any atom is -0.469 e. The number of hydrogen-bond acceptors (Lipinski definition) is 5. The van der Waals surface area contributed by atoms with Crippen LogP contribution < -0.4 is 10.5 Å². The number of nitrogens with zero attached hydrogens (tertiary/aromatic N) is 3. The first-order valence-corrected chi connectivity index (χ1v) is 5.95. The molecule has 0 bridgehead atoms. The summed E-state index contributed by atoms with van der Waals surface area (Å²) in [5.74, 6) is 0.875. The molecule has 3 heterocycles. The fourth-order valence-electron chi connectivity index (χ4n) is 1.55. The summed E-state index contributed by atoms with van der Waals surface area (Å²) >= 11 is 1.64. The Bertz CT molecular complexity index is 632. The van der Waals surface area contributed by atoms with Crippen molar-refractivity contribution >= 4 is 22.8 Å². The molecule has 0 amide bonds. The molecule has 0 aromatic carbocycles. The Kier molecular flexibility index (Phi) is 2.41. The summed E-state index contributed by atoms with van der Waals surface area (Å²) in [5.41, 5.74) is 6.37. The number of anilines is 1.